The topological polar surface area (TPSA) is 88.6 Å². The highest BCUT2D eigenvalue weighted by atomic mass is 16.8. The molecule has 3 heterocycles. The maximum atomic E-state index is 11.9. The average Bonchev–Trinajstić information content (AvgIpc) is 3.26. The number of benzene rings is 1. The third-order valence-electron chi connectivity index (χ3n) is 5.66. The number of hydrogen-bond donors (Lipinski definition) is 2. The van der Waals surface area contributed by atoms with Gasteiger partial charge < -0.3 is 10.1 Å². The molecule has 0 bridgehead atoms. The second kappa shape index (κ2) is 11.2. The first-order valence-electron chi connectivity index (χ1n) is 11.3. The van der Waals surface area contributed by atoms with Gasteiger partial charge in [0.25, 0.3) is 5.91 Å². The van der Waals surface area contributed by atoms with Gasteiger partial charge in [0.1, 0.15) is 5.82 Å². The minimum absolute atomic E-state index is 0.348. The predicted molar refractivity (Wildman–Crippen MR) is 122 cm³/mol. The lowest BCUT2D eigenvalue weighted by atomic mass is 10.1. The van der Waals surface area contributed by atoms with E-state index in [4.69, 9.17) is 9.57 Å². The average molecular weight is 438 g/mol. The highest BCUT2D eigenvalue weighted by Gasteiger charge is 2.22. The van der Waals surface area contributed by atoms with E-state index in [1.165, 1.54) is 17.2 Å². The van der Waals surface area contributed by atoms with Crippen LogP contribution in [-0.4, -0.2) is 52.8 Å². The number of anilines is 1. The molecule has 2 saturated heterocycles. The molecule has 0 saturated carbocycles. The second-order valence-electron chi connectivity index (χ2n) is 8.39. The Balaban J connectivity index is 1.19. The number of carbonyl (C=O) groups excluding carboxylic acids is 1. The van der Waals surface area contributed by atoms with E-state index in [9.17, 15) is 4.79 Å². The fourth-order valence-corrected chi connectivity index (χ4v) is 3.88. The van der Waals surface area contributed by atoms with Crippen molar-refractivity contribution in [3.63, 3.8) is 0 Å². The Morgan fingerprint density at radius 2 is 2.09 bits per heavy atom. The number of rotatable bonds is 8. The molecule has 0 spiro atoms. The highest BCUT2D eigenvalue weighted by Crippen LogP contribution is 2.17. The van der Waals surface area contributed by atoms with Crippen molar-refractivity contribution in [2.24, 2.45) is 0 Å². The molecular formula is C24H31N5O3. The summed E-state index contributed by atoms with van der Waals surface area (Å²) in [7, 11) is 0. The number of likely N-dealkylation sites (tertiary alicyclic amines) is 1. The van der Waals surface area contributed by atoms with Crippen LogP contribution in [0.25, 0.3) is 6.08 Å². The number of nitrogens with zero attached hydrogens (tertiary/aromatic N) is 3. The summed E-state index contributed by atoms with van der Waals surface area (Å²) in [5.41, 5.74) is 5.62. The minimum Gasteiger partial charge on any atom is -0.365 e. The number of hydroxylamine groups is 1. The van der Waals surface area contributed by atoms with E-state index in [0.29, 0.717) is 18.3 Å². The van der Waals surface area contributed by atoms with Gasteiger partial charge in [0.2, 0.25) is 0 Å². The van der Waals surface area contributed by atoms with Crippen molar-refractivity contribution in [2.45, 2.75) is 51.5 Å². The third-order valence-corrected chi connectivity index (χ3v) is 5.66. The van der Waals surface area contributed by atoms with Gasteiger partial charge in [-0.2, -0.15) is 0 Å². The Morgan fingerprint density at radius 3 is 2.84 bits per heavy atom. The van der Waals surface area contributed by atoms with Gasteiger partial charge in [-0.25, -0.2) is 15.3 Å². The Labute approximate surface area is 189 Å². The molecular weight excluding hydrogens is 406 g/mol. The summed E-state index contributed by atoms with van der Waals surface area (Å²) in [6.07, 6.45) is 9.89. The van der Waals surface area contributed by atoms with Gasteiger partial charge >= 0.3 is 0 Å². The molecule has 1 aromatic heterocycles. The van der Waals surface area contributed by atoms with E-state index in [-0.39, 0.29) is 12.2 Å². The Morgan fingerprint density at radius 1 is 1.22 bits per heavy atom. The van der Waals surface area contributed by atoms with Gasteiger partial charge in [0, 0.05) is 44.8 Å². The monoisotopic (exact) mass is 437 g/mol. The normalized spacial score (nSPS) is 21.7. The first-order valence-corrected chi connectivity index (χ1v) is 11.3. The van der Waals surface area contributed by atoms with Gasteiger partial charge in [0.05, 0.1) is 18.1 Å². The maximum Gasteiger partial charge on any atom is 0.267 e. The largest absolute Gasteiger partial charge is 0.365 e. The lowest BCUT2D eigenvalue weighted by Gasteiger charge is -2.21. The molecule has 4 rings (SSSR count). The maximum absolute atomic E-state index is 11.9. The second-order valence-corrected chi connectivity index (χ2v) is 8.39. The van der Waals surface area contributed by atoms with Crippen LogP contribution >= 0.6 is 0 Å². The van der Waals surface area contributed by atoms with E-state index in [0.717, 1.165) is 51.1 Å². The zero-order valence-electron chi connectivity index (χ0n) is 18.5. The number of carbonyl (C=O) groups is 1. The highest BCUT2D eigenvalue weighted by molar-refractivity contribution is 5.90. The standard InChI is InChI=1S/C24H31N5O3/c1-18-5-7-19(8-6-18)16-29-12-11-21(17-29)27-22-15-25-20(14-26-22)9-10-23(30)28-32-24-4-2-3-13-31-24/h5-10,14-15,21,24H,2-4,11-13,16-17H2,1H3,(H,26,27)(H,28,30)/t21-,24?/m1/s1. The van der Waals surface area contributed by atoms with E-state index in [1.54, 1.807) is 18.5 Å². The number of nitrogens with one attached hydrogen (secondary N) is 2. The lowest BCUT2D eigenvalue weighted by Crippen LogP contribution is -2.32. The Kier molecular flexibility index (Phi) is 7.82. The van der Waals surface area contributed by atoms with E-state index >= 15 is 0 Å². The molecule has 2 N–H and O–H groups in total. The van der Waals surface area contributed by atoms with Crippen LogP contribution in [0.5, 0.6) is 0 Å². The van der Waals surface area contributed by atoms with Crippen LogP contribution in [0, 0.1) is 6.92 Å². The number of aryl methyl sites for hydroxylation is 1. The van der Waals surface area contributed by atoms with Crippen LogP contribution < -0.4 is 10.8 Å². The van der Waals surface area contributed by atoms with Crippen LogP contribution in [0.3, 0.4) is 0 Å². The number of aromatic nitrogens is 2. The summed E-state index contributed by atoms with van der Waals surface area (Å²) < 4.78 is 5.41. The zero-order chi connectivity index (χ0) is 22.2. The molecule has 32 heavy (non-hydrogen) atoms. The Bertz CT molecular complexity index is 895. The van der Waals surface area contributed by atoms with Crippen LogP contribution in [0.4, 0.5) is 5.82 Å². The molecule has 0 radical (unpaired) electrons. The van der Waals surface area contributed by atoms with Gasteiger partial charge in [-0.3, -0.25) is 14.7 Å². The first kappa shape index (κ1) is 22.4. The van der Waals surface area contributed by atoms with Crippen molar-refractivity contribution < 1.29 is 14.4 Å². The van der Waals surface area contributed by atoms with Crippen LogP contribution in [0.1, 0.15) is 42.5 Å². The van der Waals surface area contributed by atoms with Crippen LogP contribution in [-0.2, 0) is 20.9 Å². The number of amides is 1. The zero-order valence-corrected chi connectivity index (χ0v) is 18.5. The quantitative estimate of drug-likeness (QED) is 0.485. The number of ether oxygens (including phenoxy) is 1. The molecule has 8 nitrogen and oxygen atoms in total. The molecule has 2 aromatic rings. The Hall–Kier alpha value is -2.81. The van der Waals surface area contributed by atoms with E-state index in [2.05, 4.69) is 56.9 Å². The van der Waals surface area contributed by atoms with E-state index < -0.39 is 0 Å². The van der Waals surface area contributed by atoms with Crippen molar-refractivity contribution in [3.05, 3.63) is 59.6 Å². The SMILES string of the molecule is Cc1ccc(CN2CC[C@@H](Nc3cnc(C=CC(=O)NOC4CCCCO4)cn3)C2)cc1. The minimum atomic E-state index is -0.366. The summed E-state index contributed by atoms with van der Waals surface area (Å²) in [5.74, 6) is 0.384. The van der Waals surface area contributed by atoms with Crippen LogP contribution in [0.15, 0.2) is 42.7 Å². The summed E-state index contributed by atoms with van der Waals surface area (Å²) in [4.78, 5) is 28.4. The first-order chi connectivity index (χ1) is 15.6. The smallest absolute Gasteiger partial charge is 0.267 e. The molecule has 1 unspecified atom stereocenters. The molecule has 2 aliphatic heterocycles. The summed E-state index contributed by atoms with van der Waals surface area (Å²) >= 11 is 0. The van der Waals surface area contributed by atoms with Crippen LogP contribution in [0.2, 0.25) is 0 Å². The van der Waals surface area contributed by atoms with Gasteiger partial charge in [-0.05, 0) is 37.8 Å². The molecule has 8 heteroatoms. The number of hydrogen-bond acceptors (Lipinski definition) is 7. The van der Waals surface area contributed by atoms with Crippen molar-refractivity contribution in [2.75, 3.05) is 25.0 Å². The fourth-order valence-electron chi connectivity index (χ4n) is 3.88. The fraction of sp³-hybridized carbons (Fsp3) is 0.458. The molecule has 1 amide bonds. The molecule has 0 aliphatic carbocycles. The van der Waals surface area contributed by atoms with Crippen molar-refractivity contribution in [3.8, 4) is 0 Å². The summed E-state index contributed by atoms with van der Waals surface area (Å²) in [5, 5.41) is 3.46. The van der Waals surface area contributed by atoms with Gasteiger partial charge in [0.15, 0.2) is 6.29 Å². The summed E-state index contributed by atoms with van der Waals surface area (Å²) in [6.45, 7) is 5.77. The molecule has 2 atom stereocenters. The molecule has 2 fully saturated rings. The predicted octanol–water partition coefficient (Wildman–Crippen LogP) is 3.06. The molecule has 1 aromatic carbocycles. The lowest BCUT2D eigenvalue weighted by molar-refractivity contribution is -0.198. The van der Waals surface area contributed by atoms with Gasteiger partial charge in [-0.1, -0.05) is 29.8 Å². The third kappa shape index (κ3) is 6.85. The molecule has 2 aliphatic rings. The van der Waals surface area contributed by atoms with Gasteiger partial charge in [-0.15, -0.1) is 0 Å². The van der Waals surface area contributed by atoms with Crippen molar-refractivity contribution in [1.29, 1.82) is 0 Å². The van der Waals surface area contributed by atoms with Crippen molar-refractivity contribution in [1.82, 2.24) is 20.3 Å². The molecule has 170 valence electrons. The summed E-state index contributed by atoms with van der Waals surface area (Å²) in [6, 6.07) is 9.07. The van der Waals surface area contributed by atoms with E-state index in [1.807, 2.05) is 0 Å². The van der Waals surface area contributed by atoms with Crippen molar-refractivity contribution >= 4 is 17.8 Å².